The molecule has 2 aromatic heterocycles. The zero-order valence-corrected chi connectivity index (χ0v) is 22.2. The molecular formula is C27H34F2N8O2. The van der Waals surface area contributed by atoms with Crippen molar-refractivity contribution >= 4 is 28.7 Å². The molecular weight excluding hydrogens is 506 g/mol. The van der Waals surface area contributed by atoms with E-state index in [1.54, 1.807) is 30.1 Å². The molecule has 6 rings (SSSR count). The molecule has 0 bridgehead atoms. The van der Waals surface area contributed by atoms with Crippen LogP contribution in [0.1, 0.15) is 48.0 Å². The fourth-order valence-corrected chi connectivity index (χ4v) is 6.11. The highest BCUT2D eigenvalue weighted by Crippen LogP contribution is 2.72. The lowest BCUT2D eigenvalue weighted by molar-refractivity contribution is 0.00528. The summed E-state index contributed by atoms with van der Waals surface area (Å²) in [7, 11) is 3.66. The van der Waals surface area contributed by atoms with E-state index in [4.69, 9.17) is 10.5 Å². The van der Waals surface area contributed by atoms with Gasteiger partial charge in [0.05, 0.1) is 19.9 Å². The van der Waals surface area contributed by atoms with Gasteiger partial charge in [-0.05, 0) is 63.9 Å². The number of alkyl halides is 2. The monoisotopic (exact) mass is 540 g/mol. The number of carbonyl (C=O) groups is 1. The molecule has 12 heteroatoms. The molecule has 2 aliphatic carbocycles. The number of methoxy groups -OCH3 is 1. The summed E-state index contributed by atoms with van der Waals surface area (Å²) in [5.41, 5.74) is 7.78. The second-order valence-corrected chi connectivity index (χ2v) is 11.4. The van der Waals surface area contributed by atoms with E-state index in [1.165, 1.54) is 0 Å². The summed E-state index contributed by atoms with van der Waals surface area (Å²) in [5.74, 6) is -1.25. The number of nitrogens with one attached hydrogen (secondary N) is 2. The number of halogens is 2. The number of ether oxygens (including phenoxy) is 1. The predicted octanol–water partition coefficient (Wildman–Crippen LogP) is 3.14. The van der Waals surface area contributed by atoms with E-state index in [0.29, 0.717) is 54.1 Å². The number of anilines is 2. The van der Waals surface area contributed by atoms with Crippen molar-refractivity contribution in [2.45, 2.75) is 50.6 Å². The van der Waals surface area contributed by atoms with Crippen molar-refractivity contribution < 1.29 is 18.3 Å². The van der Waals surface area contributed by atoms with Gasteiger partial charge in [-0.1, -0.05) is 6.07 Å². The first kappa shape index (κ1) is 25.7. The molecule has 0 unspecified atom stereocenters. The maximum absolute atomic E-state index is 13.6. The van der Waals surface area contributed by atoms with Crippen molar-refractivity contribution in [3.05, 3.63) is 35.5 Å². The summed E-state index contributed by atoms with van der Waals surface area (Å²) in [6, 6.07) is 5.57. The van der Waals surface area contributed by atoms with Crippen molar-refractivity contribution in [1.29, 1.82) is 0 Å². The Kier molecular flexibility index (Phi) is 6.32. The van der Waals surface area contributed by atoms with Gasteiger partial charge < -0.3 is 26.0 Å². The number of nitrogens with zero attached hydrogens (tertiary/aromatic N) is 5. The van der Waals surface area contributed by atoms with E-state index in [0.717, 1.165) is 31.5 Å². The number of amides is 1. The zero-order chi connectivity index (χ0) is 27.4. The minimum Gasteiger partial charge on any atom is -0.496 e. The van der Waals surface area contributed by atoms with Crippen molar-refractivity contribution in [3.8, 4) is 5.75 Å². The highest BCUT2D eigenvalue weighted by Gasteiger charge is 2.75. The second-order valence-electron chi connectivity index (χ2n) is 11.4. The predicted molar refractivity (Wildman–Crippen MR) is 143 cm³/mol. The van der Waals surface area contributed by atoms with E-state index in [1.807, 2.05) is 6.07 Å². The third-order valence-electron chi connectivity index (χ3n) is 8.56. The van der Waals surface area contributed by atoms with Gasteiger partial charge in [-0.3, -0.25) is 9.48 Å². The van der Waals surface area contributed by atoms with Gasteiger partial charge in [-0.2, -0.15) is 10.1 Å². The van der Waals surface area contributed by atoms with Crippen LogP contribution >= 0.6 is 0 Å². The van der Waals surface area contributed by atoms with Crippen LogP contribution in [0, 0.1) is 11.3 Å². The van der Waals surface area contributed by atoms with E-state index in [-0.39, 0.29) is 30.2 Å². The summed E-state index contributed by atoms with van der Waals surface area (Å²) in [6.07, 6.45) is 4.53. The Morgan fingerprint density at radius 3 is 2.67 bits per heavy atom. The molecule has 1 aliphatic heterocycles. The number of carbonyl (C=O) groups excluding carboxylic acids is 1. The van der Waals surface area contributed by atoms with E-state index in [9.17, 15) is 13.6 Å². The number of aromatic nitrogens is 4. The van der Waals surface area contributed by atoms with E-state index < -0.39 is 11.3 Å². The van der Waals surface area contributed by atoms with Crippen LogP contribution in [0.3, 0.4) is 0 Å². The molecule has 3 aromatic rings. The third kappa shape index (κ3) is 4.86. The van der Waals surface area contributed by atoms with Gasteiger partial charge in [0.2, 0.25) is 5.95 Å². The van der Waals surface area contributed by atoms with Gasteiger partial charge in [-0.15, -0.1) is 0 Å². The fourth-order valence-electron chi connectivity index (χ4n) is 6.11. The number of fused-ring (bicyclic) bond motifs is 1. The number of nitrogen functional groups attached to an aromatic ring is 1. The lowest BCUT2D eigenvalue weighted by Crippen LogP contribution is -2.43. The average molecular weight is 541 g/mol. The Hall–Kier alpha value is -3.54. The summed E-state index contributed by atoms with van der Waals surface area (Å²) in [6.45, 7) is 2.81. The second kappa shape index (κ2) is 9.58. The highest BCUT2D eigenvalue weighted by atomic mass is 19.3. The molecule has 208 valence electrons. The minimum atomic E-state index is -2.50. The number of hydrogen-bond donors (Lipinski definition) is 3. The quantitative estimate of drug-likeness (QED) is 0.398. The van der Waals surface area contributed by atoms with Crippen LogP contribution in [0.15, 0.2) is 24.4 Å². The van der Waals surface area contributed by atoms with Crippen molar-refractivity contribution in [2.24, 2.45) is 11.3 Å². The molecule has 1 spiro atoms. The Balaban J connectivity index is 1.17. The minimum absolute atomic E-state index is 0.00837. The number of piperidine rings is 1. The number of likely N-dealkylation sites (tertiary alicyclic amines) is 1. The first-order valence-corrected chi connectivity index (χ1v) is 13.4. The standard InChI is InChI=1S/C27H34F2N8O2/c1-36-7-5-19(6-8-36)33-24(38)17-3-4-18(21(9-17)39-2)14-37-22-20(13-32-37)34-25(30)35-23(22)31-12-16-10-26(11-16)15-27(26,28)29/h3-4,9,13,16,19H,5-8,10-12,14-15H2,1-2H3,(H,33,38)(H3,30,31,34,35). The van der Waals surface area contributed by atoms with Gasteiger partial charge >= 0.3 is 0 Å². The SMILES string of the molecule is COc1cc(C(=O)NC2CCN(C)CC2)ccc1Cn1ncc2nc(N)nc(NCC3CC4(C3)CC4(F)F)c21. The summed E-state index contributed by atoms with van der Waals surface area (Å²) in [4.78, 5) is 23.9. The number of benzene rings is 1. The molecule has 3 heterocycles. The topological polar surface area (TPSA) is 123 Å². The van der Waals surface area contributed by atoms with E-state index in [2.05, 4.69) is 37.6 Å². The molecule has 39 heavy (non-hydrogen) atoms. The highest BCUT2D eigenvalue weighted by molar-refractivity contribution is 5.95. The maximum Gasteiger partial charge on any atom is 0.254 e. The summed E-state index contributed by atoms with van der Waals surface area (Å²) >= 11 is 0. The van der Waals surface area contributed by atoms with Crippen LogP contribution < -0.4 is 21.1 Å². The molecule has 1 aromatic carbocycles. The molecule has 0 radical (unpaired) electrons. The molecule has 3 fully saturated rings. The molecule has 3 aliphatic rings. The smallest absolute Gasteiger partial charge is 0.254 e. The molecule has 1 amide bonds. The first-order valence-electron chi connectivity index (χ1n) is 13.4. The van der Waals surface area contributed by atoms with Crippen LogP contribution in [0.4, 0.5) is 20.5 Å². The normalized spacial score (nSPS) is 24.5. The van der Waals surface area contributed by atoms with Gasteiger partial charge in [0.25, 0.3) is 11.8 Å². The van der Waals surface area contributed by atoms with Crippen molar-refractivity contribution in [2.75, 3.05) is 44.8 Å². The Morgan fingerprint density at radius 1 is 1.23 bits per heavy atom. The van der Waals surface area contributed by atoms with Crippen molar-refractivity contribution in [3.63, 3.8) is 0 Å². The number of nitrogens with two attached hydrogens (primary N) is 1. The Bertz CT molecular complexity index is 1400. The van der Waals surface area contributed by atoms with Gasteiger partial charge in [0.1, 0.15) is 16.8 Å². The fraction of sp³-hybridized carbons (Fsp3) is 0.556. The maximum atomic E-state index is 13.6. The molecule has 2 saturated carbocycles. The van der Waals surface area contributed by atoms with Crippen molar-refractivity contribution in [1.82, 2.24) is 30.0 Å². The largest absolute Gasteiger partial charge is 0.496 e. The number of hydrogen-bond acceptors (Lipinski definition) is 8. The lowest BCUT2D eigenvalue weighted by atomic mass is 9.71. The van der Waals surface area contributed by atoms with Gasteiger partial charge in [-0.25, -0.2) is 13.8 Å². The van der Waals surface area contributed by atoms with Crippen LogP contribution in [0.25, 0.3) is 11.0 Å². The van der Waals surface area contributed by atoms with Crippen LogP contribution in [0.5, 0.6) is 5.75 Å². The third-order valence-corrected chi connectivity index (χ3v) is 8.56. The van der Waals surface area contributed by atoms with E-state index >= 15 is 0 Å². The summed E-state index contributed by atoms with van der Waals surface area (Å²) < 4.78 is 34.6. The Labute approximate surface area is 225 Å². The van der Waals surface area contributed by atoms with Crippen LogP contribution in [-0.4, -0.2) is 76.3 Å². The molecule has 10 nitrogen and oxygen atoms in total. The molecule has 4 N–H and O–H groups in total. The average Bonchev–Trinajstić information content (AvgIpc) is 3.25. The van der Waals surface area contributed by atoms with Gasteiger partial charge in [0.15, 0.2) is 5.82 Å². The first-order chi connectivity index (χ1) is 18.7. The number of rotatable bonds is 8. The zero-order valence-electron chi connectivity index (χ0n) is 22.2. The van der Waals surface area contributed by atoms with Crippen LogP contribution in [-0.2, 0) is 6.54 Å². The Morgan fingerprint density at radius 2 is 1.97 bits per heavy atom. The van der Waals surface area contributed by atoms with Crippen LogP contribution in [0.2, 0.25) is 0 Å². The molecule has 1 saturated heterocycles. The van der Waals surface area contributed by atoms with Gasteiger partial charge in [0, 0.05) is 35.5 Å². The summed E-state index contributed by atoms with van der Waals surface area (Å²) in [5, 5.41) is 10.9. The lowest BCUT2D eigenvalue weighted by Gasteiger charge is -2.36. The molecule has 0 atom stereocenters.